The van der Waals surface area contributed by atoms with E-state index in [1.54, 1.807) is 69.3 Å². The number of aliphatic hydroxyl groups excluding tert-OH is 2. The van der Waals surface area contributed by atoms with Crippen LogP contribution in [0.25, 0.3) is 0 Å². The van der Waals surface area contributed by atoms with Gasteiger partial charge in [-0.2, -0.15) is 0 Å². The third-order valence-corrected chi connectivity index (χ3v) is 13.4. The normalized spacial score (nSPS) is 16.3. The molecule has 1 aliphatic heterocycles. The van der Waals surface area contributed by atoms with E-state index in [0.717, 1.165) is 5.56 Å². The lowest BCUT2D eigenvalue weighted by molar-refractivity contribution is -0.144. The van der Waals surface area contributed by atoms with Crippen molar-refractivity contribution in [3.05, 3.63) is 83.9 Å². The second kappa shape index (κ2) is 33.7. The monoisotopic (exact) mass is 1150 g/mol. The van der Waals surface area contributed by atoms with Crippen LogP contribution in [-0.4, -0.2) is 239 Å². The predicted octanol–water partition coefficient (Wildman–Crippen LogP) is -2.31. The standard InChI is InChI=1S/C52H71N11O17S/c1-32(42(66)21-36(20-38-24-53-31-54-38)49(77)57-40(29-64)43(67)22-35(19-33-5-3-2-4-6-33)48(76)58-41(30-65)51(79)80)55-50(78)39(23-44(68)69)59-52(81)56-37-9-7-34(8-10-37)25-60-11-13-61(26-45(70)71)15-17-63(28-47(74)75)18-16-62(14-12-60)27-46(72)73/h2-10,24,31-32,35-36,39-41,64-65H,11-23,25-30H2,1H3,(H,53,54)(H,55,78)(H,57,77)(H,58,76)(H,68,69)(H,70,71)(H,72,73)(H,74,75)(H,79,80)(H2,56,59,81)/t32-,35+,36+,39-,40-,41-/m0/s1. The number of rotatable bonds is 31. The van der Waals surface area contributed by atoms with Crippen molar-refractivity contribution in [2.75, 3.05) is 90.5 Å². The molecule has 6 atom stereocenters. The number of Topliss-reactive ketones (excluding diaryl/α,β-unsaturated/α-hetero) is 2. The number of carboxylic acid groups (broad SMARTS) is 5. The second-order valence-electron chi connectivity index (χ2n) is 19.5. The zero-order chi connectivity index (χ0) is 59.6. The summed E-state index contributed by atoms with van der Waals surface area (Å²) in [6.07, 6.45) is 0.638. The molecular formula is C52H71N11O17S. The number of carboxylic acids is 5. The highest BCUT2D eigenvalue weighted by Crippen LogP contribution is 2.18. The summed E-state index contributed by atoms with van der Waals surface area (Å²) < 4.78 is 0. The fourth-order valence-electron chi connectivity index (χ4n) is 8.71. The molecule has 1 fully saturated rings. The molecule has 81 heavy (non-hydrogen) atoms. The Hall–Kier alpha value is -7.80. The maximum absolute atomic E-state index is 13.9. The van der Waals surface area contributed by atoms with Crippen molar-refractivity contribution >= 4 is 82.2 Å². The Bertz CT molecular complexity index is 2580. The number of aromatic amines is 1. The highest BCUT2D eigenvalue weighted by Gasteiger charge is 2.34. The zero-order valence-corrected chi connectivity index (χ0v) is 45.4. The topological polar surface area (TPSA) is 414 Å². The van der Waals surface area contributed by atoms with Gasteiger partial charge in [0.25, 0.3) is 0 Å². The number of H-pyrrole nitrogens is 1. The maximum atomic E-state index is 13.9. The molecular weight excluding hydrogens is 1080 g/mol. The SMILES string of the molecule is C[C@H](NC(=O)[C@H](CC(=O)O)NC(=S)Nc1ccc(CN2CCN(CC(=O)O)CCN(CC(=O)O)CCN(CC(=O)O)CC2)cc1)C(=O)C[C@@H](Cc1cnc[nH]1)C(=O)N[C@@H](CO)C(=O)C[C@@H](Cc1ccccc1)C(=O)N[C@@H](CO)C(=O)O. The van der Waals surface area contributed by atoms with Gasteiger partial charge in [0.05, 0.1) is 57.6 Å². The Morgan fingerprint density at radius 3 is 1.52 bits per heavy atom. The number of aliphatic hydroxyl groups is 2. The smallest absolute Gasteiger partial charge is 0.328 e. The third-order valence-electron chi connectivity index (χ3n) is 13.1. The summed E-state index contributed by atoms with van der Waals surface area (Å²) in [7, 11) is 0. The van der Waals surface area contributed by atoms with E-state index < -0.39 is 128 Å². The predicted molar refractivity (Wildman–Crippen MR) is 291 cm³/mol. The molecule has 28 nitrogen and oxygen atoms in total. The summed E-state index contributed by atoms with van der Waals surface area (Å²) >= 11 is 5.45. The third kappa shape index (κ3) is 24.2. The highest BCUT2D eigenvalue weighted by atomic mass is 32.1. The van der Waals surface area contributed by atoms with Crippen molar-refractivity contribution in [1.82, 2.24) is 50.8 Å². The fourth-order valence-corrected chi connectivity index (χ4v) is 8.97. The van der Waals surface area contributed by atoms with Crippen LogP contribution in [0, 0.1) is 11.8 Å². The van der Waals surface area contributed by atoms with Gasteiger partial charge < -0.3 is 67.3 Å². The average molecular weight is 1150 g/mol. The first-order valence-corrected chi connectivity index (χ1v) is 26.3. The van der Waals surface area contributed by atoms with Gasteiger partial charge in [-0.1, -0.05) is 42.5 Å². The van der Waals surface area contributed by atoms with Crippen molar-refractivity contribution in [3.63, 3.8) is 0 Å². The van der Waals surface area contributed by atoms with Gasteiger partial charge >= 0.3 is 29.8 Å². The van der Waals surface area contributed by atoms with Gasteiger partial charge in [-0.15, -0.1) is 0 Å². The number of ketones is 2. The molecule has 3 aromatic rings. The van der Waals surface area contributed by atoms with Gasteiger partial charge in [0, 0.05) is 102 Å². The number of imidazole rings is 1. The lowest BCUT2D eigenvalue weighted by atomic mass is 9.90. The van der Waals surface area contributed by atoms with Crippen LogP contribution in [0.1, 0.15) is 43.0 Å². The van der Waals surface area contributed by atoms with E-state index in [-0.39, 0.29) is 63.8 Å². The van der Waals surface area contributed by atoms with Crippen molar-refractivity contribution < 1.29 is 83.7 Å². The second-order valence-corrected chi connectivity index (χ2v) is 19.9. The zero-order valence-electron chi connectivity index (χ0n) is 44.6. The van der Waals surface area contributed by atoms with Crippen LogP contribution >= 0.6 is 12.2 Å². The largest absolute Gasteiger partial charge is 0.481 e. The number of nitrogens with one attached hydrogen (secondary N) is 6. The van der Waals surface area contributed by atoms with Crippen LogP contribution in [0.3, 0.4) is 0 Å². The molecule has 0 spiro atoms. The summed E-state index contributed by atoms with van der Waals surface area (Å²) in [5.74, 6) is -12.7. The Labute approximate surface area is 471 Å². The van der Waals surface area contributed by atoms with E-state index in [2.05, 4.69) is 36.6 Å². The quantitative estimate of drug-likeness (QED) is 0.0301. The molecule has 2 heterocycles. The number of amides is 3. The molecule has 1 saturated heterocycles. The Kier molecular flexibility index (Phi) is 27.3. The molecule has 0 radical (unpaired) electrons. The van der Waals surface area contributed by atoms with E-state index in [1.165, 1.54) is 19.4 Å². The Morgan fingerprint density at radius 2 is 1.05 bits per heavy atom. The van der Waals surface area contributed by atoms with Crippen molar-refractivity contribution in [2.24, 2.45) is 11.8 Å². The molecule has 1 aliphatic rings. The van der Waals surface area contributed by atoms with Gasteiger partial charge in [-0.3, -0.25) is 62.8 Å². The summed E-state index contributed by atoms with van der Waals surface area (Å²) in [4.78, 5) is 141. The van der Waals surface area contributed by atoms with Gasteiger partial charge in [0.2, 0.25) is 17.7 Å². The van der Waals surface area contributed by atoms with Crippen LogP contribution in [0.5, 0.6) is 0 Å². The number of anilines is 1. The van der Waals surface area contributed by atoms with Crippen LogP contribution in [0.4, 0.5) is 5.69 Å². The summed E-state index contributed by atoms with van der Waals surface area (Å²) in [5.41, 5.74) is 2.26. The molecule has 0 saturated carbocycles. The minimum atomic E-state index is -1.67. The fraction of sp³-hybridized carbons (Fsp3) is 0.500. The van der Waals surface area contributed by atoms with Crippen molar-refractivity contribution in [2.45, 2.75) is 69.7 Å². The first-order valence-electron chi connectivity index (χ1n) is 25.9. The Morgan fingerprint density at radius 1 is 0.556 bits per heavy atom. The molecule has 13 N–H and O–H groups in total. The van der Waals surface area contributed by atoms with Crippen LogP contribution < -0.4 is 26.6 Å². The number of nitrogens with zero attached hydrogens (tertiary/aromatic N) is 5. The Balaban J connectivity index is 1.40. The van der Waals surface area contributed by atoms with E-state index >= 15 is 0 Å². The van der Waals surface area contributed by atoms with Gasteiger partial charge in [0.1, 0.15) is 18.1 Å². The first kappa shape index (κ1) is 65.7. The van der Waals surface area contributed by atoms with Crippen LogP contribution in [-0.2, 0) is 67.3 Å². The lowest BCUT2D eigenvalue weighted by Crippen LogP contribution is -2.53. The number of carbonyl (C=O) groups is 10. The minimum absolute atomic E-state index is 0.0493. The maximum Gasteiger partial charge on any atom is 0.328 e. The molecule has 4 rings (SSSR count). The number of aliphatic carboxylic acids is 5. The van der Waals surface area contributed by atoms with E-state index in [1.807, 2.05) is 4.90 Å². The molecule has 3 amide bonds. The lowest BCUT2D eigenvalue weighted by Gasteiger charge is -2.33. The van der Waals surface area contributed by atoms with Crippen molar-refractivity contribution in [3.8, 4) is 0 Å². The number of thiocarbonyl (C=S) groups is 1. The number of hydrogen-bond acceptors (Lipinski definition) is 18. The van der Waals surface area contributed by atoms with Crippen LogP contribution in [0.2, 0.25) is 0 Å². The molecule has 442 valence electrons. The molecule has 1 aromatic heterocycles. The highest BCUT2D eigenvalue weighted by molar-refractivity contribution is 7.80. The molecule has 29 heteroatoms. The molecule has 2 aromatic carbocycles. The van der Waals surface area contributed by atoms with Gasteiger partial charge in [-0.05, 0) is 48.8 Å². The van der Waals surface area contributed by atoms with Crippen LogP contribution in [0.15, 0.2) is 67.1 Å². The van der Waals surface area contributed by atoms with E-state index in [9.17, 15) is 83.7 Å². The van der Waals surface area contributed by atoms with E-state index in [0.29, 0.717) is 49.7 Å². The number of aromatic nitrogens is 2. The molecule has 0 bridgehead atoms. The number of carbonyl (C=O) groups excluding carboxylic acids is 5. The number of hydrogen-bond donors (Lipinski definition) is 13. The molecule has 0 unspecified atom stereocenters. The summed E-state index contributed by atoms with van der Waals surface area (Å²) in [6.45, 7) is 1.46. The van der Waals surface area contributed by atoms with Gasteiger partial charge in [-0.25, -0.2) is 9.78 Å². The summed E-state index contributed by atoms with van der Waals surface area (Å²) in [5, 5.41) is 80.1. The number of benzene rings is 2. The van der Waals surface area contributed by atoms with Crippen molar-refractivity contribution in [1.29, 1.82) is 0 Å². The first-order chi connectivity index (χ1) is 38.5. The average Bonchev–Trinajstić information content (AvgIpc) is 3.93. The summed E-state index contributed by atoms with van der Waals surface area (Å²) in [6, 6.07) is 9.25. The van der Waals surface area contributed by atoms with Gasteiger partial charge in [0.15, 0.2) is 16.7 Å². The van der Waals surface area contributed by atoms with E-state index in [4.69, 9.17) is 12.2 Å². The minimum Gasteiger partial charge on any atom is -0.481 e. The molecule has 0 aliphatic carbocycles.